The quantitative estimate of drug-likeness (QED) is 0.112. The predicted octanol–water partition coefficient (Wildman–Crippen LogP) is 6.11. The third-order valence-corrected chi connectivity index (χ3v) is 6.32. The van der Waals surface area contributed by atoms with E-state index >= 15 is 0 Å². The van der Waals surface area contributed by atoms with Gasteiger partial charge in [0.1, 0.15) is 12.4 Å². The van der Waals surface area contributed by atoms with Crippen LogP contribution < -0.4 is 15.4 Å². The molecule has 0 aliphatic rings. The molecule has 0 saturated carbocycles. The highest BCUT2D eigenvalue weighted by molar-refractivity contribution is 6.00. The van der Waals surface area contributed by atoms with Gasteiger partial charge >= 0.3 is 6.18 Å². The number of alkyl halides is 3. The average molecular weight is 555 g/mol. The Morgan fingerprint density at radius 1 is 0.950 bits per heavy atom. The van der Waals surface area contributed by atoms with Crippen LogP contribution in [-0.2, 0) is 4.79 Å². The summed E-state index contributed by atoms with van der Waals surface area (Å²) in [7, 11) is 1.60. The number of aromatic nitrogens is 2. The maximum Gasteiger partial charge on any atom is 0.393 e. The molecule has 0 spiro atoms. The number of H-pyrrole nitrogens is 1. The minimum Gasteiger partial charge on any atom is -0.492 e. The van der Waals surface area contributed by atoms with Crippen LogP contribution in [0, 0.1) is 5.95 Å². The molecule has 6 nitrogen and oxygen atoms in total. The number of allylic oxidation sites excluding steroid dienone is 1. The first-order valence-electron chi connectivity index (χ1n) is 12.9. The van der Waals surface area contributed by atoms with Gasteiger partial charge in [-0.2, -0.15) is 22.7 Å². The van der Waals surface area contributed by atoms with E-state index in [9.17, 15) is 22.4 Å². The average Bonchev–Trinajstić information content (AvgIpc) is 3.32. The van der Waals surface area contributed by atoms with E-state index in [-0.39, 0.29) is 16.9 Å². The Morgan fingerprint density at radius 2 is 1.68 bits per heavy atom. The SMILES string of the molecule is CNC(=O)CCCNCCOc1ccc(/C(=C(/CC(F)(F)F)c2ccccc2)c2ccc3n[nH]c(F)c3c2)cc1. The summed E-state index contributed by atoms with van der Waals surface area (Å²) in [5.74, 6) is -0.102. The molecule has 210 valence electrons. The van der Waals surface area contributed by atoms with E-state index in [2.05, 4.69) is 20.8 Å². The second-order valence-corrected chi connectivity index (χ2v) is 9.18. The fraction of sp³-hybridized carbons (Fsp3) is 0.267. The molecule has 4 rings (SSSR count). The van der Waals surface area contributed by atoms with Crippen LogP contribution >= 0.6 is 0 Å². The van der Waals surface area contributed by atoms with E-state index in [0.29, 0.717) is 66.1 Å². The first-order chi connectivity index (χ1) is 19.2. The third kappa shape index (κ3) is 7.69. The van der Waals surface area contributed by atoms with Gasteiger partial charge in [-0.15, -0.1) is 0 Å². The van der Waals surface area contributed by atoms with Crippen molar-refractivity contribution in [1.29, 1.82) is 0 Å². The summed E-state index contributed by atoms with van der Waals surface area (Å²) in [5.41, 5.74) is 2.19. The zero-order valence-electron chi connectivity index (χ0n) is 21.9. The number of aromatic amines is 1. The maximum absolute atomic E-state index is 14.4. The summed E-state index contributed by atoms with van der Waals surface area (Å²) in [6.07, 6.45) is -4.49. The van der Waals surface area contributed by atoms with E-state index in [1.165, 1.54) is 6.07 Å². The summed E-state index contributed by atoms with van der Waals surface area (Å²) in [5, 5.41) is 12.1. The number of amides is 1. The van der Waals surface area contributed by atoms with Crippen molar-refractivity contribution in [2.24, 2.45) is 0 Å². The molecule has 1 amide bonds. The minimum atomic E-state index is -4.47. The molecule has 0 aliphatic carbocycles. The lowest BCUT2D eigenvalue weighted by Gasteiger charge is -2.19. The second kappa shape index (κ2) is 13.3. The van der Waals surface area contributed by atoms with Crippen LogP contribution in [0.2, 0.25) is 0 Å². The van der Waals surface area contributed by atoms with Gasteiger partial charge in [-0.25, -0.2) is 0 Å². The molecule has 0 aliphatic heterocycles. The smallest absolute Gasteiger partial charge is 0.393 e. The number of hydrogen-bond donors (Lipinski definition) is 3. The second-order valence-electron chi connectivity index (χ2n) is 9.18. The van der Waals surface area contributed by atoms with Crippen LogP contribution in [0.3, 0.4) is 0 Å². The molecule has 0 fully saturated rings. The number of rotatable bonds is 12. The number of fused-ring (bicyclic) bond motifs is 1. The van der Waals surface area contributed by atoms with Gasteiger partial charge in [-0.1, -0.05) is 48.5 Å². The van der Waals surface area contributed by atoms with Crippen molar-refractivity contribution in [3.63, 3.8) is 0 Å². The van der Waals surface area contributed by atoms with E-state index in [4.69, 9.17) is 4.74 Å². The zero-order valence-corrected chi connectivity index (χ0v) is 21.9. The molecule has 1 aromatic heterocycles. The maximum atomic E-state index is 14.4. The van der Waals surface area contributed by atoms with Gasteiger partial charge in [0.2, 0.25) is 11.9 Å². The summed E-state index contributed by atoms with van der Waals surface area (Å²) >= 11 is 0. The van der Waals surface area contributed by atoms with Crippen LogP contribution in [-0.4, -0.2) is 49.0 Å². The van der Waals surface area contributed by atoms with Crippen molar-refractivity contribution in [3.05, 3.63) is 95.4 Å². The molecule has 0 saturated heterocycles. The van der Waals surface area contributed by atoms with Crippen molar-refractivity contribution in [2.45, 2.75) is 25.4 Å². The Morgan fingerprint density at radius 3 is 2.38 bits per heavy atom. The van der Waals surface area contributed by atoms with E-state index in [1.807, 2.05) is 0 Å². The number of hydrogen-bond acceptors (Lipinski definition) is 4. The van der Waals surface area contributed by atoms with E-state index < -0.39 is 18.5 Å². The fourth-order valence-corrected chi connectivity index (χ4v) is 4.41. The van der Waals surface area contributed by atoms with Gasteiger partial charge in [0.25, 0.3) is 0 Å². The Hall–Kier alpha value is -4.18. The summed E-state index contributed by atoms with van der Waals surface area (Å²) in [6, 6.07) is 20.0. The molecule has 0 radical (unpaired) electrons. The molecular formula is C30H30F4N4O2. The molecule has 4 aromatic rings. The molecule has 3 aromatic carbocycles. The lowest BCUT2D eigenvalue weighted by molar-refractivity contribution is -0.123. The third-order valence-electron chi connectivity index (χ3n) is 6.32. The Kier molecular flexibility index (Phi) is 9.55. The summed E-state index contributed by atoms with van der Waals surface area (Å²) in [4.78, 5) is 11.3. The fourth-order valence-electron chi connectivity index (χ4n) is 4.41. The number of ether oxygens (including phenoxy) is 1. The number of nitrogens with one attached hydrogen (secondary N) is 3. The van der Waals surface area contributed by atoms with Crippen LogP contribution in [0.5, 0.6) is 5.75 Å². The molecule has 1 heterocycles. The number of benzene rings is 3. The predicted molar refractivity (Wildman–Crippen MR) is 147 cm³/mol. The standard InChI is InChI=1S/C30H30F4N4O2/c1-35-27(39)8-5-15-36-16-17-40-23-12-9-21(10-13-23)28(22-11-14-26-24(18-22)29(31)38-37-26)25(19-30(32,33)34)20-6-3-2-4-7-20/h2-4,6-7,9-14,18,36H,5,8,15-17,19H2,1H3,(H,35,39)(H,37,38)/b28-25+. The van der Waals surface area contributed by atoms with E-state index in [1.54, 1.807) is 73.8 Å². The van der Waals surface area contributed by atoms with Crippen molar-refractivity contribution < 1.29 is 27.1 Å². The van der Waals surface area contributed by atoms with Crippen molar-refractivity contribution in [2.75, 3.05) is 26.7 Å². The van der Waals surface area contributed by atoms with Gasteiger partial charge in [-0.3, -0.25) is 9.89 Å². The lowest BCUT2D eigenvalue weighted by atomic mass is 9.87. The van der Waals surface area contributed by atoms with Crippen LogP contribution in [0.4, 0.5) is 17.6 Å². The molecule has 0 unspecified atom stereocenters. The number of nitrogens with zero attached hydrogens (tertiary/aromatic N) is 1. The topological polar surface area (TPSA) is 79.0 Å². The van der Waals surface area contributed by atoms with Gasteiger partial charge in [0, 0.05) is 20.0 Å². The molecule has 3 N–H and O–H groups in total. The Bertz CT molecular complexity index is 1450. The Labute approximate surface area is 229 Å². The highest BCUT2D eigenvalue weighted by Crippen LogP contribution is 2.40. The number of carbonyl (C=O) groups excluding carboxylic acids is 1. The normalized spacial score (nSPS) is 12.3. The first kappa shape index (κ1) is 28.8. The monoisotopic (exact) mass is 554 g/mol. The van der Waals surface area contributed by atoms with Gasteiger partial charge in [0.05, 0.1) is 17.3 Å². The van der Waals surface area contributed by atoms with E-state index in [0.717, 1.165) is 0 Å². The number of halogens is 4. The summed E-state index contributed by atoms with van der Waals surface area (Å²) < 4.78 is 61.7. The largest absolute Gasteiger partial charge is 0.492 e. The molecule has 40 heavy (non-hydrogen) atoms. The Balaban J connectivity index is 1.62. The van der Waals surface area contributed by atoms with Crippen LogP contribution in [0.1, 0.15) is 36.0 Å². The van der Waals surface area contributed by atoms with Crippen molar-refractivity contribution >= 4 is 28.0 Å². The minimum absolute atomic E-state index is 0.00737. The summed E-state index contributed by atoms with van der Waals surface area (Å²) in [6.45, 7) is 1.62. The van der Waals surface area contributed by atoms with Crippen LogP contribution in [0.25, 0.3) is 22.0 Å². The highest BCUT2D eigenvalue weighted by Gasteiger charge is 2.31. The number of carbonyl (C=O) groups is 1. The molecule has 0 bridgehead atoms. The zero-order chi connectivity index (χ0) is 28.5. The highest BCUT2D eigenvalue weighted by atomic mass is 19.4. The molecule has 10 heteroatoms. The van der Waals surface area contributed by atoms with Crippen molar-refractivity contribution in [3.8, 4) is 5.75 Å². The van der Waals surface area contributed by atoms with Gasteiger partial charge in [0.15, 0.2) is 0 Å². The first-order valence-corrected chi connectivity index (χ1v) is 12.9. The van der Waals surface area contributed by atoms with Gasteiger partial charge < -0.3 is 15.4 Å². The van der Waals surface area contributed by atoms with Gasteiger partial charge in [-0.05, 0) is 65.1 Å². The van der Waals surface area contributed by atoms with Crippen molar-refractivity contribution in [1.82, 2.24) is 20.8 Å². The molecular weight excluding hydrogens is 524 g/mol. The lowest BCUT2D eigenvalue weighted by Crippen LogP contribution is -2.24. The van der Waals surface area contributed by atoms with Crippen LogP contribution in [0.15, 0.2) is 72.8 Å². The molecule has 0 atom stereocenters.